The lowest BCUT2D eigenvalue weighted by atomic mass is 10.1. The molecule has 2 heterocycles. The van der Waals surface area contributed by atoms with Gasteiger partial charge in [0.15, 0.2) is 4.96 Å². The maximum absolute atomic E-state index is 12.2. The SMILES string of the molecule is Cc1cn2cc(C(=O)Nc3ccc(CC(=O)O)cc3)nc2s1. The fourth-order valence-corrected chi connectivity index (χ4v) is 2.90. The Labute approximate surface area is 130 Å². The molecule has 22 heavy (non-hydrogen) atoms. The van der Waals surface area contributed by atoms with Crippen molar-refractivity contribution in [2.45, 2.75) is 13.3 Å². The van der Waals surface area contributed by atoms with Gasteiger partial charge in [-0.05, 0) is 24.6 Å². The average molecular weight is 315 g/mol. The number of aryl methyl sites for hydroxylation is 1. The zero-order valence-electron chi connectivity index (χ0n) is 11.7. The lowest BCUT2D eigenvalue weighted by Gasteiger charge is -2.04. The zero-order valence-corrected chi connectivity index (χ0v) is 12.6. The number of carboxylic acid groups (broad SMARTS) is 1. The van der Waals surface area contributed by atoms with Crippen LogP contribution in [0.4, 0.5) is 5.69 Å². The number of nitrogens with one attached hydrogen (secondary N) is 1. The first-order chi connectivity index (χ1) is 10.5. The Kier molecular flexibility index (Phi) is 3.64. The van der Waals surface area contributed by atoms with Gasteiger partial charge in [0, 0.05) is 23.0 Å². The summed E-state index contributed by atoms with van der Waals surface area (Å²) in [6.07, 6.45) is 3.57. The highest BCUT2D eigenvalue weighted by molar-refractivity contribution is 7.17. The summed E-state index contributed by atoms with van der Waals surface area (Å²) < 4.78 is 1.82. The summed E-state index contributed by atoms with van der Waals surface area (Å²) in [5.74, 6) is -1.18. The van der Waals surface area contributed by atoms with Crippen molar-refractivity contribution < 1.29 is 14.7 Å². The monoisotopic (exact) mass is 315 g/mol. The number of aromatic nitrogens is 2. The van der Waals surface area contributed by atoms with E-state index in [9.17, 15) is 9.59 Å². The van der Waals surface area contributed by atoms with Crippen molar-refractivity contribution in [1.29, 1.82) is 0 Å². The van der Waals surface area contributed by atoms with Gasteiger partial charge in [-0.2, -0.15) is 0 Å². The number of imidazole rings is 1. The van der Waals surface area contributed by atoms with Crippen LogP contribution in [0.5, 0.6) is 0 Å². The molecule has 0 aliphatic heterocycles. The van der Waals surface area contributed by atoms with E-state index < -0.39 is 5.97 Å². The summed E-state index contributed by atoms with van der Waals surface area (Å²) in [7, 11) is 0. The topological polar surface area (TPSA) is 83.7 Å². The molecule has 3 aromatic rings. The molecular weight excluding hydrogens is 302 g/mol. The molecule has 0 radical (unpaired) electrons. The lowest BCUT2D eigenvalue weighted by molar-refractivity contribution is -0.136. The number of carbonyl (C=O) groups is 2. The molecule has 0 saturated carbocycles. The van der Waals surface area contributed by atoms with Gasteiger partial charge in [0.1, 0.15) is 5.69 Å². The first kappa shape index (κ1) is 14.3. The zero-order chi connectivity index (χ0) is 15.7. The van der Waals surface area contributed by atoms with Gasteiger partial charge in [-0.3, -0.25) is 14.0 Å². The minimum absolute atomic E-state index is 0.0368. The Morgan fingerprint density at radius 1 is 1.27 bits per heavy atom. The summed E-state index contributed by atoms with van der Waals surface area (Å²) in [6, 6.07) is 6.72. The van der Waals surface area contributed by atoms with Crippen LogP contribution in [0.1, 0.15) is 20.9 Å². The van der Waals surface area contributed by atoms with Gasteiger partial charge in [-0.25, -0.2) is 4.98 Å². The molecule has 6 nitrogen and oxygen atoms in total. The Balaban J connectivity index is 1.72. The second-order valence-corrected chi connectivity index (χ2v) is 6.09. The second-order valence-electron chi connectivity index (χ2n) is 4.88. The molecule has 0 aliphatic carbocycles. The number of fused-ring (bicyclic) bond motifs is 1. The van der Waals surface area contributed by atoms with Crippen LogP contribution in [0.15, 0.2) is 36.7 Å². The Morgan fingerprint density at radius 3 is 2.64 bits per heavy atom. The van der Waals surface area contributed by atoms with Crippen LogP contribution in [0.25, 0.3) is 4.96 Å². The standard InChI is InChI=1S/C15H13N3O3S/c1-9-7-18-8-12(17-15(18)22-9)14(21)16-11-4-2-10(3-5-11)6-13(19)20/h2-5,7-8H,6H2,1H3,(H,16,21)(H,19,20). The molecule has 0 aliphatic rings. The third-order valence-corrected chi connectivity index (χ3v) is 3.98. The van der Waals surface area contributed by atoms with Crippen molar-refractivity contribution in [2.24, 2.45) is 0 Å². The molecule has 0 saturated heterocycles. The van der Waals surface area contributed by atoms with Gasteiger partial charge < -0.3 is 10.4 Å². The van der Waals surface area contributed by atoms with Crippen LogP contribution in [-0.2, 0) is 11.2 Å². The molecule has 1 amide bonds. The van der Waals surface area contributed by atoms with Gasteiger partial charge in [-0.15, -0.1) is 11.3 Å². The first-order valence-electron chi connectivity index (χ1n) is 6.58. The van der Waals surface area contributed by atoms with Gasteiger partial charge in [0.2, 0.25) is 0 Å². The predicted octanol–water partition coefficient (Wildman–Crippen LogP) is 2.58. The molecule has 0 atom stereocenters. The largest absolute Gasteiger partial charge is 0.481 e. The number of hydrogen-bond acceptors (Lipinski definition) is 4. The van der Waals surface area contributed by atoms with E-state index in [1.165, 1.54) is 11.3 Å². The smallest absolute Gasteiger partial charge is 0.307 e. The number of carbonyl (C=O) groups excluding carboxylic acids is 1. The molecule has 0 bridgehead atoms. The normalized spacial score (nSPS) is 10.8. The molecule has 2 N–H and O–H groups in total. The summed E-state index contributed by atoms with van der Waals surface area (Å²) in [6.45, 7) is 1.98. The fraction of sp³-hybridized carbons (Fsp3) is 0.133. The molecule has 0 spiro atoms. The minimum Gasteiger partial charge on any atom is -0.481 e. The maximum Gasteiger partial charge on any atom is 0.307 e. The first-order valence-corrected chi connectivity index (χ1v) is 7.40. The van der Waals surface area contributed by atoms with E-state index in [2.05, 4.69) is 10.3 Å². The molecule has 0 fully saturated rings. The highest BCUT2D eigenvalue weighted by Crippen LogP contribution is 2.17. The van der Waals surface area contributed by atoms with E-state index in [1.807, 2.05) is 17.5 Å². The van der Waals surface area contributed by atoms with Crippen molar-refractivity contribution >= 4 is 33.9 Å². The van der Waals surface area contributed by atoms with Gasteiger partial charge in [0.05, 0.1) is 6.42 Å². The molecular formula is C15H13N3O3S. The Hall–Kier alpha value is -2.67. The minimum atomic E-state index is -0.884. The van der Waals surface area contributed by atoms with Gasteiger partial charge >= 0.3 is 5.97 Å². The summed E-state index contributed by atoms with van der Waals surface area (Å²) in [5, 5.41) is 11.5. The molecule has 3 rings (SSSR count). The molecule has 112 valence electrons. The van der Waals surface area contributed by atoms with E-state index in [4.69, 9.17) is 5.11 Å². The van der Waals surface area contributed by atoms with Crippen molar-refractivity contribution in [2.75, 3.05) is 5.32 Å². The average Bonchev–Trinajstić information content (AvgIpc) is 2.97. The highest BCUT2D eigenvalue weighted by Gasteiger charge is 2.12. The number of benzene rings is 1. The van der Waals surface area contributed by atoms with Crippen molar-refractivity contribution in [3.05, 3.63) is 52.8 Å². The predicted molar refractivity (Wildman–Crippen MR) is 83.5 cm³/mol. The molecule has 7 heteroatoms. The van der Waals surface area contributed by atoms with Crippen LogP contribution in [0.2, 0.25) is 0 Å². The third-order valence-electron chi connectivity index (χ3n) is 3.07. The van der Waals surface area contributed by atoms with Crippen LogP contribution in [0, 0.1) is 6.92 Å². The number of thiazole rings is 1. The van der Waals surface area contributed by atoms with Crippen LogP contribution in [0.3, 0.4) is 0 Å². The van der Waals surface area contributed by atoms with Gasteiger partial charge in [-0.1, -0.05) is 12.1 Å². The summed E-state index contributed by atoms with van der Waals surface area (Å²) in [4.78, 5) is 29.0. The van der Waals surface area contributed by atoms with E-state index >= 15 is 0 Å². The van der Waals surface area contributed by atoms with Gasteiger partial charge in [0.25, 0.3) is 5.91 Å². The number of nitrogens with zero attached hydrogens (tertiary/aromatic N) is 2. The van der Waals surface area contributed by atoms with E-state index in [1.54, 1.807) is 30.5 Å². The molecule has 0 unspecified atom stereocenters. The van der Waals surface area contributed by atoms with E-state index in [-0.39, 0.29) is 12.3 Å². The number of rotatable bonds is 4. The summed E-state index contributed by atoms with van der Waals surface area (Å²) >= 11 is 1.52. The number of aliphatic carboxylic acids is 1. The van der Waals surface area contributed by atoms with E-state index in [0.717, 1.165) is 9.84 Å². The number of hydrogen-bond donors (Lipinski definition) is 2. The lowest BCUT2D eigenvalue weighted by Crippen LogP contribution is -2.12. The van der Waals surface area contributed by atoms with E-state index in [0.29, 0.717) is 16.9 Å². The molecule has 1 aromatic carbocycles. The summed E-state index contributed by atoms with van der Waals surface area (Å²) in [5.41, 5.74) is 1.64. The highest BCUT2D eigenvalue weighted by atomic mass is 32.1. The van der Waals surface area contributed by atoms with Crippen molar-refractivity contribution in [1.82, 2.24) is 9.38 Å². The Bertz CT molecular complexity index is 817. The van der Waals surface area contributed by atoms with Crippen LogP contribution < -0.4 is 5.32 Å². The number of anilines is 1. The number of carboxylic acids is 1. The van der Waals surface area contributed by atoms with Crippen molar-refractivity contribution in [3.8, 4) is 0 Å². The van der Waals surface area contributed by atoms with Crippen molar-refractivity contribution in [3.63, 3.8) is 0 Å². The fourth-order valence-electron chi connectivity index (χ4n) is 2.10. The van der Waals surface area contributed by atoms with Crippen LogP contribution in [-0.4, -0.2) is 26.4 Å². The molecule has 2 aromatic heterocycles. The third kappa shape index (κ3) is 2.99. The Morgan fingerprint density at radius 2 is 2.00 bits per heavy atom. The number of amides is 1. The quantitative estimate of drug-likeness (QED) is 0.775. The second kappa shape index (κ2) is 5.61. The maximum atomic E-state index is 12.2. The van der Waals surface area contributed by atoms with Crippen LogP contribution >= 0.6 is 11.3 Å².